The van der Waals surface area contributed by atoms with E-state index in [1.54, 1.807) is 12.4 Å². The highest BCUT2D eigenvalue weighted by Gasteiger charge is 2.30. The summed E-state index contributed by atoms with van der Waals surface area (Å²) in [5.74, 6) is -0.606. The Morgan fingerprint density at radius 2 is 2.03 bits per heavy atom. The summed E-state index contributed by atoms with van der Waals surface area (Å²) in [5, 5.41) is 22.8. The lowest BCUT2D eigenvalue weighted by molar-refractivity contribution is 0.102. The van der Waals surface area contributed by atoms with Gasteiger partial charge in [-0.1, -0.05) is 13.5 Å². The van der Waals surface area contributed by atoms with Crippen LogP contribution in [0.15, 0.2) is 43.2 Å². The maximum Gasteiger partial charge on any atom is 0.404 e. The Morgan fingerprint density at radius 1 is 1.21 bits per heavy atom. The van der Waals surface area contributed by atoms with Crippen molar-refractivity contribution in [3.05, 3.63) is 65.9 Å². The van der Waals surface area contributed by atoms with Crippen LogP contribution in [0.2, 0.25) is 0 Å². The van der Waals surface area contributed by atoms with Crippen LogP contribution in [-0.4, -0.2) is 38.3 Å². The van der Waals surface area contributed by atoms with Crippen LogP contribution in [0.1, 0.15) is 53.7 Å². The molecule has 0 bridgehead atoms. The molecule has 2 aromatic heterocycles. The first kappa shape index (κ1) is 22.3. The van der Waals surface area contributed by atoms with Gasteiger partial charge in [-0.15, -0.1) is 5.10 Å². The molecule has 9 heteroatoms. The molecule has 0 unspecified atom stereocenters. The van der Waals surface area contributed by atoms with E-state index in [0.29, 0.717) is 23.7 Å². The Bertz CT molecular complexity index is 1230. The molecule has 3 N–H and O–H groups in total. The van der Waals surface area contributed by atoms with Crippen LogP contribution in [0.25, 0.3) is 17.0 Å². The highest BCUT2D eigenvalue weighted by atomic mass is 19.1. The number of rotatable bonds is 5. The highest BCUT2D eigenvalue weighted by molar-refractivity contribution is 6.12. The van der Waals surface area contributed by atoms with Crippen molar-refractivity contribution in [2.75, 3.05) is 5.32 Å². The molecule has 0 aliphatic heterocycles. The van der Waals surface area contributed by atoms with Gasteiger partial charge in [0.1, 0.15) is 11.3 Å². The van der Waals surface area contributed by atoms with Crippen LogP contribution >= 0.6 is 0 Å². The van der Waals surface area contributed by atoms with Gasteiger partial charge < -0.3 is 15.7 Å². The van der Waals surface area contributed by atoms with E-state index in [4.69, 9.17) is 5.11 Å². The van der Waals surface area contributed by atoms with E-state index < -0.39 is 17.8 Å². The number of fused-ring (bicyclic) bond motifs is 1. The number of benzene rings is 1. The van der Waals surface area contributed by atoms with Crippen molar-refractivity contribution in [2.45, 2.75) is 38.1 Å². The van der Waals surface area contributed by atoms with Gasteiger partial charge in [-0.25, -0.2) is 9.18 Å². The maximum absolute atomic E-state index is 14.4. The topological polar surface area (TPSA) is 117 Å². The molecule has 2 amide bonds. The number of amides is 2. The SMILES string of the molecule is C=Cc1cc2c(F)ccc(C(=O)Nc3cnccc3[C@@H]3C[C@H](C)C[C@H](NC(=O)O)C3)c2nn1. The van der Waals surface area contributed by atoms with E-state index in [9.17, 15) is 14.0 Å². The number of nitrogens with zero attached hydrogens (tertiary/aromatic N) is 3. The van der Waals surface area contributed by atoms with E-state index >= 15 is 0 Å². The molecule has 8 nitrogen and oxygen atoms in total. The van der Waals surface area contributed by atoms with E-state index in [1.165, 1.54) is 24.3 Å². The summed E-state index contributed by atoms with van der Waals surface area (Å²) in [5.41, 5.74) is 2.16. The number of carbonyl (C=O) groups excluding carboxylic acids is 1. The second kappa shape index (κ2) is 9.32. The van der Waals surface area contributed by atoms with Crippen molar-refractivity contribution in [3.63, 3.8) is 0 Å². The zero-order valence-electron chi connectivity index (χ0n) is 18.1. The van der Waals surface area contributed by atoms with Gasteiger partial charge in [0.05, 0.1) is 23.1 Å². The number of hydrogen-bond acceptors (Lipinski definition) is 5. The van der Waals surface area contributed by atoms with Gasteiger partial charge in [-0.3, -0.25) is 9.78 Å². The van der Waals surface area contributed by atoms with Gasteiger partial charge in [0.2, 0.25) is 0 Å². The number of aromatic nitrogens is 3. The number of nitrogens with one attached hydrogen (secondary N) is 2. The quantitative estimate of drug-likeness (QED) is 0.524. The average Bonchev–Trinajstić information content (AvgIpc) is 2.78. The van der Waals surface area contributed by atoms with Crippen molar-refractivity contribution in [1.82, 2.24) is 20.5 Å². The lowest BCUT2D eigenvalue weighted by Crippen LogP contribution is -2.39. The molecule has 3 atom stereocenters. The molecule has 1 saturated carbocycles. The minimum absolute atomic E-state index is 0.0452. The standard InChI is InChI=1S/C24H24FN5O3/c1-3-15-11-19-20(25)5-4-18(22(19)30-29-15)23(31)28-21-12-26-7-6-17(21)14-8-13(2)9-16(10-14)27-24(32)33/h3-7,11-14,16,27H,1,8-10H2,2H3,(H,28,31)(H,32,33)/t13-,14+,16-/m0/s1. The Hall–Kier alpha value is -3.88. The Labute approximate surface area is 189 Å². The number of anilines is 1. The van der Waals surface area contributed by atoms with Crippen molar-refractivity contribution in [1.29, 1.82) is 0 Å². The number of carbonyl (C=O) groups is 2. The third kappa shape index (κ3) is 4.82. The van der Waals surface area contributed by atoms with Crippen LogP contribution in [0.3, 0.4) is 0 Å². The monoisotopic (exact) mass is 449 g/mol. The second-order valence-corrected chi connectivity index (χ2v) is 8.40. The molecular weight excluding hydrogens is 425 g/mol. The van der Waals surface area contributed by atoms with E-state index in [2.05, 4.69) is 39.3 Å². The van der Waals surface area contributed by atoms with Crippen LogP contribution < -0.4 is 10.6 Å². The fraction of sp³-hybridized carbons (Fsp3) is 0.292. The zero-order chi connectivity index (χ0) is 23.5. The third-order valence-electron chi connectivity index (χ3n) is 5.99. The van der Waals surface area contributed by atoms with Crippen molar-refractivity contribution >= 4 is 34.7 Å². The first-order chi connectivity index (χ1) is 15.9. The Morgan fingerprint density at radius 3 is 2.79 bits per heavy atom. The van der Waals surface area contributed by atoms with E-state index in [-0.39, 0.29) is 28.4 Å². The molecule has 33 heavy (non-hydrogen) atoms. The predicted molar refractivity (Wildman–Crippen MR) is 122 cm³/mol. The van der Waals surface area contributed by atoms with Gasteiger partial charge in [0, 0.05) is 17.6 Å². The second-order valence-electron chi connectivity index (χ2n) is 8.40. The van der Waals surface area contributed by atoms with Gasteiger partial charge >= 0.3 is 6.09 Å². The van der Waals surface area contributed by atoms with Crippen LogP contribution in [0.4, 0.5) is 14.9 Å². The van der Waals surface area contributed by atoms with Crippen LogP contribution in [0, 0.1) is 11.7 Å². The van der Waals surface area contributed by atoms with Crippen molar-refractivity contribution in [3.8, 4) is 0 Å². The Kier molecular flexibility index (Phi) is 6.30. The highest BCUT2D eigenvalue weighted by Crippen LogP contribution is 2.39. The summed E-state index contributed by atoms with van der Waals surface area (Å²) in [7, 11) is 0. The normalized spacial score (nSPS) is 20.2. The fourth-order valence-electron chi connectivity index (χ4n) is 4.60. The summed E-state index contributed by atoms with van der Waals surface area (Å²) >= 11 is 0. The molecule has 2 heterocycles. The molecular formula is C24H24FN5O3. The van der Waals surface area contributed by atoms with E-state index in [1.807, 2.05) is 6.07 Å². The predicted octanol–water partition coefficient (Wildman–Crippen LogP) is 4.60. The van der Waals surface area contributed by atoms with Crippen molar-refractivity contribution in [2.24, 2.45) is 5.92 Å². The molecule has 0 saturated heterocycles. The lowest BCUT2D eigenvalue weighted by Gasteiger charge is -2.34. The smallest absolute Gasteiger partial charge is 0.404 e. The number of hydrogen-bond donors (Lipinski definition) is 3. The summed E-state index contributed by atoms with van der Waals surface area (Å²) in [6.45, 7) is 5.70. The van der Waals surface area contributed by atoms with Crippen LogP contribution in [-0.2, 0) is 0 Å². The largest absolute Gasteiger partial charge is 0.465 e. The first-order valence-electron chi connectivity index (χ1n) is 10.7. The van der Waals surface area contributed by atoms with Gasteiger partial charge in [-0.2, -0.15) is 5.10 Å². The summed E-state index contributed by atoms with van der Waals surface area (Å²) in [4.78, 5) is 28.4. The molecule has 170 valence electrons. The minimum atomic E-state index is -1.04. The molecule has 1 aliphatic rings. The molecule has 1 aliphatic carbocycles. The minimum Gasteiger partial charge on any atom is -0.465 e. The third-order valence-corrected chi connectivity index (χ3v) is 5.99. The summed E-state index contributed by atoms with van der Waals surface area (Å²) < 4.78 is 14.4. The molecule has 0 radical (unpaired) electrons. The number of carboxylic acid groups (broad SMARTS) is 1. The van der Waals surface area contributed by atoms with Gasteiger partial charge in [0.15, 0.2) is 0 Å². The van der Waals surface area contributed by atoms with Crippen LogP contribution in [0.5, 0.6) is 0 Å². The van der Waals surface area contributed by atoms with Gasteiger partial charge in [-0.05, 0) is 67.0 Å². The summed E-state index contributed by atoms with van der Waals surface area (Å²) in [6, 6.07) is 5.77. The zero-order valence-corrected chi connectivity index (χ0v) is 18.1. The molecule has 0 spiro atoms. The van der Waals surface area contributed by atoms with Crippen molar-refractivity contribution < 1.29 is 19.1 Å². The molecule has 3 aromatic rings. The summed E-state index contributed by atoms with van der Waals surface area (Å²) in [6.07, 6.45) is 5.89. The lowest BCUT2D eigenvalue weighted by atomic mass is 9.76. The fourth-order valence-corrected chi connectivity index (χ4v) is 4.60. The van der Waals surface area contributed by atoms with E-state index in [0.717, 1.165) is 18.4 Å². The Balaban J connectivity index is 1.63. The molecule has 1 fully saturated rings. The number of pyridine rings is 1. The average molecular weight is 449 g/mol. The first-order valence-corrected chi connectivity index (χ1v) is 10.7. The van der Waals surface area contributed by atoms with Gasteiger partial charge in [0.25, 0.3) is 5.91 Å². The molecule has 1 aromatic carbocycles. The molecule has 4 rings (SSSR count). The maximum atomic E-state index is 14.4. The number of halogens is 1.